The molecule has 7 atom stereocenters. The van der Waals surface area contributed by atoms with Crippen molar-refractivity contribution in [3.8, 4) is 49.1 Å². The zero-order valence-corrected chi connectivity index (χ0v) is 59.8. The number of aliphatic hydroxyl groups excluding tert-OH is 2. The Hall–Kier alpha value is -9.19. The van der Waals surface area contributed by atoms with Gasteiger partial charge in [-0.2, -0.15) is 0 Å². The molecule has 0 radical (unpaired) electrons. The van der Waals surface area contributed by atoms with E-state index in [2.05, 4.69) is 36.6 Å². The van der Waals surface area contributed by atoms with Gasteiger partial charge in [-0.1, -0.05) is 49.4 Å². The van der Waals surface area contributed by atoms with E-state index in [0.29, 0.717) is 108 Å². The van der Waals surface area contributed by atoms with Gasteiger partial charge in [-0.15, -0.1) is 68.0 Å². The summed E-state index contributed by atoms with van der Waals surface area (Å²) >= 11 is 6.88. The predicted molar refractivity (Wildman–Crippen MR) is 382 cm³/mol. The number of thiazole rings is 6. The summed E-state index contributed by atoms with van der Waals surface area (Å²) in [7, 11) is 0. The Bertz CT molecular complexity index is 4580. The first-order chi connectivity index (χ1) is 49.3. The third kappa shape index (κ3) is 16.3. The van der Waals surface area contributed by atoms with E-state index in [0.717, 1.165) is 66.5 Å². The van der Waals surface area contributed by atoms with Crippen molar-refractivity contribution in [3.05, 3.63) is 147 Å². The second kappa shape index (κ2) is 31.6. The highest BCUT2D eigenvalue weighted by Crippen LogP contribution is 2.43. The molecule has 4 aliphatic rings. The van der Waals surface area contributed by atoms with Gasteiger partial charge in [0.25, 0.3) is 29.5 Å². The van der Waals surface area contributed by atoms with Crippen molar-refractivity contribution in [2.45, 2.75) is 114 Å². The van der Waals surface area contributed by atoms with E-state index in [9.17, 15) is 48.9 Å². The summed E-state index contributed by atoms with van der Waals surface area (Å²) in [4.78, 5) is 146. The number of primary amides is 1. The number of carboxylic acid groups (broad SMARTS) is 1. The molecule has 530 valence electrons. The first kappa shape index (κ1) is 71.2. The van der Waals surface area contributed by atoms with Gasteiger partial charge in [-0.3, -0.25) is 38.4 Å². The quantitative estimate of drug-likeness (QED) is 0.0439. The Morgan fingerprint density at radius 3 is 2.12 bits per heavy atom. The molecule has 102 heavy (non-hydrogen) atoms. The van der Waals surface area contributed by atoms with Crippen LogP contribution in [0.1, 0.15) is 156 Å². The standard InChI is InChI=1S/C69H70N14O13S6/c1-33-50(84)26-83-56(33)67-80-49(32-101-67)64-76-45(28-98-64)54-41(16-17-42(73-54)63-78-46(30-99-63)58(88)72-39-12-10-38(11-13-39)69(93)94)62-77-47(29-97-62)59(89)74-43(25-51(70)85)65-82-53(34(2)102-65)61(91)81-55(57(87)37-6-4-3-5-7-37)66-79-48(31-100-66)60(90)75-44(68(83)92)24-36-8-14-40(15-9-36)96-27-52(86)71-21-18-35-19-22-95-23-20-35/h3-9,14-17,28-33,35,38-39,43-44,50,55-57,84,87H,10-13,18-27H2,1-2H3,(H2,70,85)(H,71,86)(H,72,88)(H,74,89)(H,75,90)(H,81,91)(H,93,94)/t33-,38-,39-,43-,44-,50-,55-,56-,57+/m0/s1. The highest BCUT2D eigenvalue weighted by molar-refractivity contribution is 7.15. The Kier molecular flexibility index (Phi) is 22.1. The van der Waals surface area contributed by atoms with E-state index in [1.54, 1.807) is 89.8 Å². The molecule has 1 saturated carbocycles. The SMILES string of the molecule is Cc1sc2nc1C(=O)N[C@@H]([C@H](O)c1ccccc1)c1nc(cs1)C(=O)N[C@@H](Cc1ccc(OCC(=O)NCCC3CCOCC3)cc1)C(=O)N1C[C@H](O)[C@H](C)[C@H]1c1nc(cs1)-c1nc(cs1)-c1nc(-c3nc(C(=O)N[C@H]4CC[C@H](C(=O)O)CC4)cs3)ccc1-c1nc(cs1)C(=O)N[C@H]2CC(N)=O. The summed E-state index contributed by atoms with van der Waals surface area (Å²) in [6.07, 6.45) is 1.75. The van der Waals surface area contributed by atoms with Crippen LogP contribution in [0.4, 0.5) is 0 Å². The number of hydrogen-bond donors (Lipinski definition) is 9. The molecular formula is C69H70N14O13S6. The van der Waals surface area contributed by atoms with Crippen molar-refractivity contribution >= 4 is 115 Å². The predicted octanol–water partition coefficient (Wildman–Crippen LogP) is 8.27. The van der Waals surface area contributed by atoms with E-state index in [4.69, 9.17) is 40.1 Å². The maximum absolute atomic E-state index is 15.5. The van der Waals surface area contributed by atoms with Crippen LogP contribution in [0, 0.1) is 24.7 Å². The number of aliphatic hydroxyl groups is 2. The molecule has 10 bridgehead atoms. The molecule has 0 unspecified atom stereocenters. The summed E-state index contributed by atoms with van der Waals surface area (Å²) in [6.45, 7) is 5.06. The lowest BCUT2D eigenvalue weighted by Crippen LogP contribution is -2.50. The Balaban J connectivity index is 0.845. The minimum absolute atomic E-state index is 0.0370. The smallest absolute Gasteiger partial charge is 0.306 e. The lowest BCUT2D eigenvalue weighted by atomic mass is 9.86. The van der Waals surface area contributed by atoms with Crippen molar-refractivity contribution in [1.82, 2.24) is 66.4 Å². The Morgan fingerprint density at radius 2 is 1.36 bits per heavy atom. The summed E-state index contributed by atoms with van der Waals surface area (Å²) < 4.78 is 11.3. The number of carbonyl (C=O) groups is 8. The van der Waals surface area contributed by atoms with Crippen molar-refractivity contribution in [2.24, 2.45) is 23.5 Å². The fraction of sp³-hybridized carbons (Fsp3) is 0.377. The molecule has 33 heteroatoms. The van der Waals surface area contributed by atoms with Gasteiger partial charge >= 0.3 is 5.97 Å². The first-order valence-electron chi connectivity index (χ1n) is 33.1. The summed E-state index contributed by atoms with van der Waals surface area (Å²) in [6, 6.07) is 14.0. The maximum atomic E-state index is 15.5. The van der Waals surface area contributed by atoms with Crippen molar-refractivity contribution in [2.75, 3.05) is 32.9 Å². The fourth-order valence-corrected chi connectivity index (χ4v) is 18.1. The first-order valence-corrected chi connectivity index (χ1v) is 38.3. The van der Waals surface area contributed by atoms with Crippen LogP contribution in [0.25, 0.3) is 43.4 Å². The molecule has 10 heterocycles. The number of hydrogen-bond acceptors (Lipinski definition) is 25. The highest BCUT2D eigenvalue weighted by Gasteiger charge is 2.46. The van der Waals surface area contributed by atoms with Crippen LogP contribution in [-0.2, 0) is 30.3 Å². The second-order valence-corrected chi connectivity index (χ2v) is 31.0. The number of amides is 7. The number of benzene rings is 2. The number of fused-ring (bicyclic) bond motifs is 16. The fourth-order valence-electron chi connectivity index (χ4n) is 12.8. The van der Waals surface area contributed by atoms with Gasteiger partial charge in [0.1, 0.15) is 93.8 Å². The number of aliphatic carboxylic acids is 1. The van der Waals surface area contributed by atoms with Gasteiger partial charge in [0.2, 0.25) is 11.8 Å². The number of aromatic nitrogens is 7. The molecule has 2 saturated heterocycles. The molecule has 3 aliphatic heterocycles. The normalized spacial score (nSPS) is 21.6. The molecule has 1 aliphatic carbocycles. The number of pyridine rings is 1. The molecule has 27 nitrogen and oxygen atoms in total. The maximum Gasteiger partial charge on any atom is 0.306 e. The van der Waals surface area contributed by atoms with Crippen LogP contribution in [-0.4, -0.2) is 154 Å². The van der Waals surface area contributed by atoms with Gasteiger partial charge in [0.15, 0.2) is 6.61 Å². The zero-order valence-electron chi connectivity index (χ0n) is 54.9. The number of carbonyl (C=O) groups excluding carboxylic acids is 7. The van der Waals surface area contributed by atoms with Crippen LogP contribution >= 0.6 is 68.0 Å². The molecule has 7 amide bonds. The van der Waals surface area contributed by atoms with Gasteiger partial charge in [0, 0.05) is 82.0 Å². The number of carboxylic acids is 1. The molecule has 3 fully saturated rings. The van der Waals surface area contributed by atoms with Crippen LogP contribution < -0.4 is 37.1 Å². The minimum Gasteiger partial charge on any atom is -0.484 e. The largest absolute Gasteiger partial charge is 0.484 e. The van der Waals surface area contributed by atoms with Crippen LogP contribution in [0.3, 0.4) is 0 Å². The van der Waals surface area contributed by atoms with E-state index in [-0.39, 0.29) is 64.3 Å². The molecule has 7 aromatic heterocycles. The van der Waals surface area contributed by atoms with Gasteiger partial charge in [-0.25, -0.2) is 34.9 Å². The molecule has 10 N–H and O–H groups in total. The van der Waals surface area contributed by atoms with E-state index < -0.39 is 96.0 Å². The molecule has 13 rings (SSSR count). The number of nitrogens with zero attached hydrogens (tertiary/aromatic N) is 8. The molecular weight excluding hydrogens is 1430 g/mol. The van der Waals surface area contributed by atoms with Crippen molar-refractivity contribution < 1.29 is 63.1 Å². The van der Waals surface area contributed by atoms with Gasteiger partial charge in [-0.05, 0) is 93.2 Å². The monoisotopic (exact) mass is 1490 g/mol. The molecule has 2 aromatic carbocycles. The number of nitrogens with two attached hydrogens (primary N) is 1. The van der Waals surface area contributed by atoms with Gasteiger partial charge < -0.3 is 62.0 Å². The van der Waals surface area contributed by atoms with Crippen LogP contribution in [0.5, 0.6) is 5.75 Å². The van der Waals surface area contributed by atoms with E-state index >= 15 is 4.79 Å². The highest BCUT2D eigenvalue weighted by atomic mass is 32.1. The average molecular weight is 1500 g/mol. The number of aryl methyl sites for hydroxylation is 1. The number of rotatable bonds is 16. The third-order valence-corrected chi connectivity index (χ3v) is 24.0. The number of nitrogens with one attached hydrogen (secondary N) is 5. The van der Waals surface area contributed by atoms with E-state index in [1.165, 1.54) is 49.7 Å². The third-order valence-electron chi connectivity index (χ3n) is 18.4. The Morgan fingerprint density at radius 1 is 0.696 bits per heavy atom. The van der Waals surface area contributed by atoms with Crippen molar-refractivity contribution in [1.29, 1.82) is 0 Å². The summed E-state index contributed by atoms with van der Waals surface area (Å²) in [5.74, 6) is -5.21. The number of ether oxygens (including phenoxy) is 2. The second-order valence-electron chi connectivity index (χ2n) is 25.4. The minimum atomic E-state index is -1.44. The van der Waals surface area contributed by atoms with Crippen LogP contribution in [0.15, 0.2) is 93.6 Å². The lowest BCUT2D eigenvalue weighted by molar-refractivity contribution is -0.143. The zero-order chi connectivity index (χ0) is 71.3. The molecule has 9 aromatic rings. The average Bonchev–Trinajstić information content (AvgIpc) is 1.61. The summed E-state index contributed by atoms with van der Waals surface area (Å²) in [5, 5.41) is 58.1. The molecule has 0 spiro atoms. The van der Waals surface area contributed by atoms with Gasteiger partial charge in [0.05, 0.1) is 36.2 Å². The van der Waals surface area contributed by atoms with Crippen LogP contribution in [0.2, 0.25) is 0 Å². The van der Waals surface area contributed by atoms with Crippen molar-refractivity contribution in [3.63, 3.8) is 0 Å². The van der Waals surface area contributed by atoms with E-state index in [1.807, 2.05) is 6.92 Å². The Labute approximate surface area is 607 Å². The summed E-state index contributed by atoms with van der Waals surface area (Å²) in [5.41, 5.74) is 8.68. The lowest BCUT2D eigenvalue weighted by Gasteiger charge is -2.29. The topological polar surface area (TPSA) is 395 Å².